The summed E-state index contributed by atoms with van der Waals surface area (Å²) in [4.78, 5) is 28.1. The summed E-state index contributed by atoms with van der Waals surface area (Å²) in [5.41, 5.74) is 3.10. The second kappa shape index (κ2) is 8.77. The third-order valence-corrected chi connectivity index (χ3v) is 5.43. The summed E-state index contributed by atoms with van der Waals surface area (Å²) in [7, 11) is 3.08. The monoisotopic (exact) mass is 448 g/mol. The molecule has 1 N–H and O–H groups in total. The van der Waals surface area contributed by atoms with E-state index in [1.807, 2.05) is 31.2 Å². The molecule has 7 heteroatoms. The summed E-state index contributed by atoms with van der Waals surface area (Å²) in [6, 6.07) is 19.2. The lowest BCUT2D eigenvalue weighted by Gasteiger charge is -2.16. The Morgan fingerprint density at radius 2 is 1.53 bits per heavy atom. The van der Waals surface area contributed by atoms with Gasteiger partial charge in [0.25, 0.3) is 11.8 Å². The lowest BCUT2D eigenvalue weighted by Crippen LogP contribution is -2.32. The average Bonchev–Trinajstić information content (AvgIpc) is 3.04. The Kier molecular flexibility index (Phi) is 5.88. The number of methoxy groups -OCH3 is 2. The van der Waals surface area contributed by atoms with E-state index in [0.29, 0.717) is 33.5 Å². The molecule has 3 aromatic rings. The van der Waals surface area contributed by atoms with Gasteiger partial charge in [-0.05, 0) is 48.9 Å². The van der Waals surface area contributed by atoms with Gasteiger partial charge in [0.15, 0.2) is 0 Å². The highest BCUT2D eigenvalue weighted by Gasteiger charge is 2.40. The van der Waals surface area contributed by atoms with Crippen molar-refractivity contribution in [2.75, 3.05) is 24.4 Å². The molecule has 0 unspecified atom stereocenters. The molecule has 162 valence electrons. The van der Waals surface area contributed by atoms with E-state index in [0.717, 1.165) is 10.5 Å². The Hall–Kier alpha value is -3.77. The lowest BCUT2D eigenvalue weighted by atomic mass is 10.0. The SMILES string of the molecule is COc1ccc(NC2=C(c3ccc(C)cc3)C(=O)N(c3ccc(Cl)cc3)C2=O)c(OC)c1. The number of imide groups is 1. The van der Waals surface area contributed by atoms with Gasteiger partial charge >= 0.3 is 0 Å². The van der Waals surface area contributed by atoms with Gasteiger partial charge in [0.1, 0.15) is 17.2 Å². The number of hydrogen-bond acceptors (Lipinski definition) is 5. The van der Waals surface area contributed by atoms with E-state index < -0.39 is 11.8 Å². The van der Waals surface area contributed by atoms with Crippen LogP contribution in [0.2, 0.25) is 5.02 Å². The van der Waals surface area contributed by atoms with Crippen LogP contribution in [0.25, 0.3) is 5.57 Å². The van der Waals surface area contributed by atoms with Crippen molar-refractivity contribution >= 4 is 40.4 Å². The van der Waals surface area contributed by atoms with Crippen molar-refractivity contribution in [3.63, 3.8) is 0 Å². The standard InChI is InChI=1S/C25H21ClN2O4/c1-15-4-6-16(7-5-15)22-23(27-20-13-12-19(31-2)14-21(20)32-3)25(30)28(24(22)29)18-10-8-17(26)9-11-18/h4-14,27H,1-3H3. The molecule has 0 fully saturated rings. The van der Waals surface area contributed by atoms with Crippen molar-refractivity contribution < 1.29 is 19.1 Å². The van der Waals surface area contributed by atoms with Crippen molar-refractivity contribution in [1.82, 2.24) is 0 Å². The highest BCUT2D eigenvalue weighted by Crippen LogP contribution is 2.37. The molecule has 0 atom stereocenters. The van der Waals surface area contributed by atoms with Crippen molar-refractivity contribution in [2.24, 2.45) is 0 Å². The minimum absolute atomic E-state index is 0.164. The summed E-state index contributed by atoms with van der Waals surface area (Å²) in [6.45, 7) is 1.96. The number of aryl methyl sites for hydroxylation is 1. The van der Waals surface area contributed by atoms with Crippen LogP contribution in [0.1, 0.15) is 11.1 Å². The predicted octanol–water partition coefficient (Wildman–Crippen LogP) is 5.06. The molecular weight excluding hydrogens is 428 g/mol. The second-order valence-electron chi connectivity index (χ2n) is 7.23. The molecular formula is C25H21ClN2O4. The number of benzene rings is 3. The van der Waals surface area contributed by atoms with E-state index >= 15 is 0 Å². The molecule has 0 radical (unpaired) electrons. The number of anilines is 2. The van der Waals surface area contributed by atoms with Gasteiger partial charge in [0.2, 0.25) is 0 Å². The highest BCUT2D eigenvalue weighted by atomic mass is 35.5. The molecule has 6 nitrogen and oxygen atoms in total. The van der Waals surface area contributed by atoms with Gasteiger partial charge in [-0.3, -0.25) is 9.59 Å². The van der Waals surface area contributed by atoms with Crippen molar-refractivity contribution in [1.29, 1.82) is 0 Å². The molecule has 0 aromatic heterocycles. The fourth-order valence-electron chi connectivity index (χ4n) is 3.49. The minimum atomic E-state index is -0.467. The summed E-state index contributed by atoms with van der Waals surface area (Å²) in [6.07, 6.45) is 0. The number of nitrogens with zero attached hydrogens (tertiary/aromatic N) is 1. The third-order valence-electron chi connectivity index (χ3n) is 5.18. The first kappa shape index (κ1) is 21.5. The zero-order valence-electron chi connectivity index (χ0n) is 17.8. The largest absolute Gasteiger partial charge is 0.497 e. The Bertz CT molecular complexity index is 1220. The first-order chi connectivity index (χ1) is 15.4. The maximum Gasteiger partial charge on any atom is 0.282 e. The summed E-state index contributed by atoms with van der Waals surface area (Å²) in [5, 5.41) is 3.64. The molecule has 1 heterocycles. The molecule has 3 aromatic carbocycles. The van der Waals surface area contributed by atoms with Gasteiger partial charge < -0.3 is 14.8 Å². The van der Waals surface area contributed by atoms with Crippen LogP contribution in [0, 0.1) is 6.92 Å². The summed E-state index contributed by atoms with van der Waals surface area (Å²) < 4.78 is 10.7. The number of rotatable bonds is 6. The quantitative estimate of drug-likeness (QED) is 0.534. The van der Waals surface area contributed by atoms with E-state index in [9.17, 15) is 9.59 Å². The van der Waals surface area contributed by atoms with Crippen molar-refractivity contribution in [2.45, 2.75) is 6.92 Å². The van der Waals surface area contributed by atoms with Crippen molar-refractivity contribution in [3.05, 3.63) is 88.6 Å². The molecule has 0 aliphatic carbocycles. The van der Waals surface area contributed by atoms with Gasteiger partial charge in [-0.25, -0.2) is 4.90 Å². The predicted molar refractivity (Wildman–Crippen MR) is 125 cm³/mol. The first-order valence-electron chi connectivity index (χ1n) is 9.87. The molecule has 0 bridgehead atoms. The summed E-state index contributed by atoms with van der Waals surface area (Å²) in [5.74, 6) is 0.198. The average molecular weight is 449 g/mol. The minimum Gasteiger partial charge on any atom is -0.497 e. The molecule has 1 aliphatic heterocycles. The molecule has 0 saturated heterocycles. The molecule has 2 amide bonds. The molecule has 32 heavy (non-hydrogen) atoms. The topological polar surface area (TPSA) is 67.9 Å². The highest BCUT2D eigenvalue weighted by molar-refractivity contribution is 6.46. The van der Waals surface area contributed by atoms with Crippen molar-refractivity contribution in [3.8, 4) is 11.5 Å². The van der Waals surface area contributed by atoms with E-state index in [1.54, 1.807) is 49.6 Å². The van der Waals surface area contributed by atoms with E-state index in [1.165, 1.54) is 7.11 Å². The van der Waals surface area contributed by atoms with Gasteiger partial charge in [-0.15, -0.1) is 0 Å². The molecule has 4 rings (SSSR count). The normalized spacial score (nSPS) is 13.6. The number of halogens is 1. The van der Waals surface area contributed by atoms with E-state index in [2.05, 4.69) is 5.32 Å². The number of nitrogens with one attached hydrogen (secondary N) is 1. The smallest absolute Gasteiger partial charge is 0.282 e. The van der Waals surface area contributed by atoms with Crippen LogP contribution >= 0.6 is 11.6 Å². The Labute approximate surface area is 191 Å². The van der Waals surface area contributed by atoms with E-state index in [4.69, 9.17) is 21.1 Å². The maximum absolute atomic E-state index is 13.5. The number of ether oxygens (including phenoxy) is 2. The number of carbonyl (C=O) groups excluding carboxylic acids is 2. The number of carbonyl (C=O) groups is 2. The third kappa shape index (κ3) is 3.92. The molecule has 1 aliphatic rings. The van der Waals surface area contributed by atoms with Crippen LogP contribution < -0.4 is 19.7 Å². The number of amides is 2. The zero-order chi connectivity index (χ0) is 22.8. The van der Waals surface area contributed by atoms with Crippen LogP contribution in [0.15, 0.2) is 72.4 Å². The fraction of sp³-hybridized carbons (Fsp3) is 0.120. The van der Waals surface area contributed by atoms with Gasteiger partial charge in [-0.1, -0.05) is 41.4 Å². The van der Waals surface area contributed by atoms with Crippen LogP contribution in [0.3, 0.4) is 0 Å². The molecule has 0 spiro atoms. The Balaban J connectivity index is 1.82. The summed E-state index contributed by atoms with van der Waals surface area (Å²) >= 11 is 5.99. The Morgan fingerprint density at radius 3 is 2.16 bits per heavy atom. The van der Waals surface area contributed by atoms with Crippen LogP contribution in [-0.4, -0.2) is 26.0 Å². The van der Waals surface area contributed by atoms with Gasteiger partial charge in [0, 0.05) is 11.1 Å². The zero-order valence-corrected chi connectivity index (χ0v) is 18.6. The second-order valence-corrected chi connectivity index (χ2v) is 7.67. The number of hydrogen-bond donors (Lipinski definition) is 1. The maximum atomic E-state index is 13.5. The van der Waals surface area contributed by atoms with Gasteiger partial charge in [0.05, 0.1) is 31.2 Å². The fourth-order valence-corrected chi connectivity index (χ4v) is 3.62. The van der Waals surface area contributed by atoms with Crippen LogP contribution in [-0.2, 0) is 9.59 Å². The first-order valence-corrected chi connectivity index (χ1v) is 10.3. The van der Waals surface area contributed by atoms with E-state index in [-0.39, 0.29) is 11.3 Å². The van der Waals surface area contributed by atoms with Crippen LogP contribution in [0.4, 0.5) is 11.4 Å². The van der Waals surface area contributed by atoms with Crippen LogP contribution in [0.5, 0.6) is 11.5 Å². The Morgan fingerprint density at radius 1 is 0.844 bits per heavy atom. The lowest BCUT2D eigenvalue weighted by molar-refractivity contribution is -0.120. The van der Waals surface area contributed by atoms with Gasteiger partial charge in [-0.2, -0.15) is 0 Å². The molecule has 0 saturated carbocycles.